The van der Waals surface area contributed by atoms with Crippen LogP contribution in [-0.4, -0.2) is 21.4 Å². The van der Waals surface area contributed by atoms with E-state index in [9.17, 15) is 9.59 Å². The van der Waals surface area contributed by atoms with Crippen LogP contribution >= 0.6 is 24.0 Å². The normalized spacial score (nSPS) is 18.2. The highest BCUT2D eigenvalue weighted by Crippen LogP contribution is 2.23. The van der Waals surface area contributed by atoms with Crippen molar-refractivity contribution < 1.29 is 9.59 Å². The van der Waals surface area contributed by atoms with Gasteiger partial charge in [0.25, 0.3) is 0 Å². The molecule has 2 rings (SSSR count). The number of carbonyl (C=O) groups is 2. The van der Waals surface area contributed by atoms with Gasteiger partial charge in [0.05, 0.1) is 5.25 Å². The molecular formula is C14H16N2O2S2. The minimum atomic E-state index is -0.419. The van der Waals surface area contributed by atoms with E-state index in [1.807, 2.05) is 24.3 Å². The highest BCUT2D eigenvalue weighted by molar-refractivity contribution is 8.24. The number of benzene rings is 1. The molecule has 1 fully saturated rings. The van der Waals surface area contributed by atoms with Crippen LogP contribution in [0.3, 0.4) is 0 Å². The maximum Gasteiger partial charge on any atom is 0.239 e. The van der Waals surface area contributed by atoms with Gasteiger partial charge in [-0.2, -0.15) is 0 Å². The van der Waals surface area contributed by atoms with Crippen molar-refractivity contribution in [2.24, 2.45) is 0 Å². The van der Waals surface area contributed by atoms with E-state index in [4.69, 9.17) is 12.2 Å². The van der Waals surface area contributed by atoms with E-state index >= 15 is 0 Å². The lowest BCUT2D eigenvalue weighted by atomic mass is 10.0. The van der Waals surface area contributed by atoms with Crippen LogP contribution in [0.15, 0.2) is 24.3 Å². The molecule has 0 aliphatic carbocycles. The molecule has 0 bridgehead atoms. The highest BCUT2D eigenvalue weighted by Gasteiger charge is 2.30. The summed E-state index contributed by atoms with van der Waals surface area (Å²) in [6, 6.07) is 7.73. The van der Waals surface area contributed by atoms with Crippen LogP contribution in [0.1, 0.15) is 31.7 Å². The first-order chi connectivity index (χ1) is 9.45. The summed E-state index contributed by atoms with van der Waals surface area (Å²) in [5.41, 5.74) is 1.96. The molecule has 0 spiro atoms. The van der Waals surface area contributed by atoms with Crippen LogP contribution in [0.2, 0.25) is 0 Å². The molecule has 1 aliphatic rings. The van der Waals surface area contributed by atoms with Gasteiger partial charge in [-0.05, 0) is 23.6 Å². The molecule has 2 amide bonds. The third-order valence-corrected chi connectivity index (χ3v) is 4.37. The summed E-state index contributed by atoms with van der Waals surface area (Å²) in [6.07, 6.45) is 0.128. The Morgan fingerprint density at radius 2 is 2.05 bits per heavy atom. The molecule has 0 radical (unpaired) electrons. The van der Waals surface area contributed by atoms with E-state index in [-0.39, 0.29) is 18.2 Å². The Kier molecular flexibility index (Phi) is 4.77. The minimum Gasteiger partial charge on any atom is -0.326 e. The zero-order chi connectivity index (χ0) is 14.7. The predicted molar refractivity (Wildman–Crippen MR) is 85.9 cm³/mol. The average Bonchev–Trinajstić information content (AvgIpc) is 2.68. The van der Waals surface area contributed by atoms with Gasteiger partial charge in [0.15, 0.2) is 0 Å². The molecule has 20 heavy (non-hydrogen) atoms. The van der Waals surface area contributed by atoms with Crippen molar-refractivity contribution in [3.63, 3.8) is 0 Å². The summed E-state index contributed by atoms with van der Waals surface area (Å²) in [5, 5.41) is 4.91. The first-order valence-corrected chi connectivity index (χ1v) is 7.66. The van der Waals surface area contributed by atoms with Crippen molar-refractivity contribution in [2.45, 2.75) is 31.4 Å². The summed E-state index contributed by atoms with van der Waals surface area (Å²) in [4.78, 5) is 23.4. The Balaban J connectivity index is 1.91. The highest BCUT2D eigenvalue weighted by atomic mass is 32.2. The Bertz CT molecular complexity index is 541. The first-order valence-electron chi connectivity index (χ1n) is 6.37. The molecule has 0 aromatic heterocycles. The fraction of sp³-hybridized carbons (Fsp3) is 0.357. The number of hydrogen-bond donors (Lipinski definition) is 2. The molecule has 4 nitrogen and oxygen atoms in total. The zero-order valence-corrected chi connectivity index (χ0v) is 12.9. The second-order valence-corrected chi connectivity index (χ2v) is 6.79. The number of anilines is 1. The number of amides is 2. The number of thioether (sulfide) groups is 1. The molecule has 1 heterocycles. The van der Waals surface area contributed by atoms with Crippen LogP contribution in [0.4, 0.5) is 5.69 Å². The molecule has 1 aromatic carbocycles. The number of thiocarbonyl (C=S) groups is 1. The van der Waals surface area contributed by atoms with Gasteiger partial charge in [-0.1, -0.05) is 50.0 Å². The predicted octanol–water partition coefficient (Wildman–Crippen LogP) is 2.66. The molecule has 1 saturated heterocycles. The van der Waals surface area contributed by atoms with Crippen LogP contribution in [0, 0.1) is 0 Å². The summed E-state index contributed by atoms with van der Waals surface area (Å²) in [6.45, 7) is 4.23. The number of hydrogen-bond acceptors (Lipinski definition) is 4. The van der Waals surface area contributed by atoms with Crippen LogP contribution in [-0.2, 0) is 9.59 Å². The summed E-state index contributed by atoms with van der Waals surface area (Å²) >= 11 is 6.12. The second-order valence-electron chi connectivity index (χ2n) is 4.91. The monoisotopic (exact) mass is 308 g/mol. The van der Waals surface area contributed by atoms with Gasteiger partial charge in [0.1, 0.15) is 4.32 Å². The average molecular weight is 308 g/mol. The molecule has 6 heteroatoms. The van der Waals surface area contributed by atoms with Gasteiger partial charge in [-0.3, -0.25) is 9.59 Å². The van der Waals surface area contributed by atoms with Gasteiger partial charge in [0, 0.05) is 12.1 Å². The van der Waals surface area contributed by atoms with E-state index in [0.29, 0.717) is 10.2 Å². The fourth-order valence-electron chi connectivity index (χ4n) is 1.86. The maximum absolute atomic E-state index is 11.9. The van der Waals surface area contributed by atoms with Gasteiger partial charge < -0.3 is 10.6 Å². The number of nitrogens with one attached hydrogen (secondary N) is 2. The summed E-state index contributed by atoms with van der Waals surface area (Å²) < 4.78 is 0.439. The molecule has 1 unspecified atom stereocenters. The SMILES string of the molecule is CC(C)c1ccc(NC(=O)CC2SC(=S)NC2=O)cc1. The van der Waals surface area contributed by atoms with Crippen molar-refractivity contribution in [1.82, 2.24) is 5.32 Å². The molecule has 106 valence electrons. The standard InChI is InChI=1S/C14H16N2O2S2/c1-8(2)9-3-5-10(6-4-9)15-12(17)7-11-13(18)16-14(19)20-11/h3-6,8,11H,7H2,1-2H3,(H,15,17)(H,16,18,19). The fourth-order valence-corrected chi connectivity index (χ4v) is 3.13. The topological polar surface area (TPSA) is 58.2 Å². The van der Waals surface area contributed by atoms with Gasteiger partial charge >= 0.3 is 0 Å². The molecule has 1 aliphatic heterocycles. The van der Waals surface area contributed by atoms with Crippen molar-refractivity contribution >= 4 is 45.8 Å². The van der Waals surface area contributed by atoms with Crippen molar-refractivity contribution in [3.8, 4) is 0 Å². The van der Waals surface area contributed by atoms with E-state index < -0.39 is 5.25 Å². The Morgan fingerprint density at radius 3 is 2.55 bits per heavy atom. The van der Waals surface area contributed by atoms with E-state index in [0.717, 1.165) is 5.69 Å². The van der Waals surface area contributed by atoms with Crippen LogP contribution < -0.4 is 10.6 Å². The second kappa shape index (κ2) is 6.37. The summed E-state index contributed by atoms with van der Waals surface area (Å²) in [5.74, 6) is 0.0873. The van der Waals surface area contributed by atoms with E-state index in [2.05, 4.69) is 24.5 Å². The van der Waals surface area contributed by atoms with Crippen molar-refractivity contribution in [3.05, 3.63) is 29.8 Å². The molecular weight excluding hydrogens is 292 g/mol. The van der Waals surface area contributed by atoms with Crippen molar-refractivity contribution in [2.75, 3.05) is 5.32 Å². The Hall–Kier alpha value is -1.40. The van der Waals surface area contributed by atoms with E-state index in [1.54, 1.807) is 0 Å². The lowest BCUT2D eigenvalue weighted by Crippen LogP contribution is -2.27. The largest absolute Gasteiger partial charge is 0.326 e. The third-order valence-electron chi connectivity index (χ3n) is 3.00. The maximum atomic E-state index is 11.9. The van der Waals surface area contributed by atoms with Crippen LogP contribution in [0.25, 0.3) is 0 Å². The van der Waals surface area contributed by atoms with Gasteiger partial charge in [-0.15, -0.1) is 0 Å². The lowest BCUT2D eigenvalue weighted by Gasteiger charge is -2.09. The quantitative estimate of drug-likeness (QED) is 0.840. The summed E-state index contributed by atoms with van der Waals surface area (Å²) in [7, 11) is 0. The molecule has 0 saturated carbocycles. The van der Waals surface area contributed by atoms with E-state index in [1.165, 1.54) is 17.3 Å². The molecule has 2 N–H and O–H groups in total. The lowest BCUT2D eigenvalue weighted by molar-refractivity contribution is -0.122. The smallest absolute Gasteiger partial charge is 0.239 e. The Labute approximate surface area is 127 Å². The number of carbonyl (C=O) groups excluding carboxylic acids is 2. The molecule has 1 aromatic rings. The van der Waals surface area contributed by atoms with Crippen molar-refractivity contribution in [1.29, 1.82) is 0 Å². The number of rotatable bonds is 4. The minimum absolute atomic E-state index is 0.128. The first kappa shape index (κ1) is 15.0. The van der Waals surface area contributed by atoms with Crippen LogP contribution in [0.5, 0.6) is 0 Å². The third kappa shape index (κ3) is 3.80. The molecule has 1 atom stereocenters. The Morgan fingerprint density at radius 1 is 1.40 bits per heavy atom. The van der Waals surface area contributed by atoms with Gasteiger partial charge in [0.2, 0.25) is 11.8 Å². The zero-order valence-electron chi connectivity index (χ0n) is 11.3. The van der Waals surface area contributed by atoms with Gasteiger partial charge in [-0.25, -0.2) is 0 Å².